The number of hydrogen-bond acceptors (Lipinski definition) is 2. The monoisotopic (exact) mass is 171 g/mol. The summed E-state index contributed by atoms with van der Waals surface area (Å²) in [6.07, 6.45) is 1.78. The SMILES string of the molecule is CC(=O)NC(C)(C(=O)O)C1CC1. The maximum Gasteiger partial charge on any atom is 0.329 e. The number of nitrogens with one attached hydrogen (secondary N) is 1. The fraction of sp³-hybridized carbons (Fsp3) is 0.750. The number of aliphatic carboxylic acids is 1. The van der Waals surface area contributed by atoms with Crippen molar-refractivity contribution < 1.29 is 14.7 Å². The highest BCUT2D eigenvalue weighted by atomic mass is 16.4. The zero-order valence-corrected chi connectivity index (χ0v) is 7.26. The molecule has 0 heterocycles. The summed E-state index contributed by atoms with van der Waals surface area (Å²) in [4.78, 5) is 21.5. The summed E-state index contributed by atoms with van der Waals surface area (Å²) >= 11 is 0. The molecule has 0 radical (unpaired) electrons. The first kappa shape index (κ1) is 9.03. The molecule has 0 aromatic carbocycles. The third kappa shape index (κ3) is 1.57. The van der Waals surface area contributed by atoms with E-state index < -0.39 is 11.5 Å². The van der Waals surface area contributed by atoms with Gasteiger partial charge in [-0.25, -0.2) is 4.79 Å². The topological polar surface area (TPSA) is 66.4 Å². The number of carbonyl (C=O) groups excluding carboxylic acids is 1. The van der Waals surface area contributed by atoms with Crippen molar-refractivity contribution >= 4 is 11.9 Å². The Morgan fingerprint density at radius 1 is 1.50 bits per heavy atom. The lowest BCUT2D eigenvalue weighted by Gasteiger charge is -2.25. The molecule has 2 N–H and O–H groups in total. The lowest BCUT2D eigenvalue weighted by molar-refractivity contribution is -0.147. The minimum Gasteiger partial charge on any atom is -0.480 e. The normalized spacial score (nSPS) is 21.2. The van der Waals surface area contributed by atoms with Gasteiger partial charge in [-0.2, -0.15) is 0 Å². The highest BCUT2D eigenvalue weighted by Crippen LogP contribution is 2.39. The van der Waals surface area contributed by atoms with Crippen LogP contribution in [-0.4, -0.2) is 22.5 Å². The van der Waals surface area contributed by atoms with E-state index in [4.69, 9.17) is 5.11 Å². The van der Waals surface area contributed by atoms with E-state index in [9.17, 15) is 9.59 Å². The maximum atomic E-state index is 10.8. The van der Waals surface area contributed by atoms with E-state index >= 15 is 0 Å². The summed E-state index contributed by atoms with van der Waals surface area (Å²) in [5.74, 6) is -1.12. The lowest BCUT2D eigenvalue weighted by atomic mass is 9.96. The van der Waals surface area contributed by atoms with Crippen molar-refractivity contribution in [2.75, 3.05) is 0 Å². The molecule has 1 saturated carbocycles. The van der Waals surface area contributed by atoms with Gasteiger partial charge in [-0.15, -0.1) is 0 Å². The molecule has 1 atom stereocenters. The Hall–Kier alpha value is -1.06. The fourth-order valence-electron chi connectivity index (χ4n) is 1.36. The summed E-state index contributed by atoms with van der Waals surface area (Å²) in [7, 11) is 0. The molecule has 1 rings (SSSR count). The largest absolute Gasteiger partial charge is 0.480 e. The van der Waals surface area contributed by atoms with Gasteiger partial charge in [0.05, 0.1) is 0 Å². The van der Waals surface area contributed by atoms with Gasteiger partial charge in [0.2, 0.25) is 5.91 Å². The summed E-state index contributed by atoms with van der Waals surface area (Å²) < 4.78 is 0. The average molecular weight is 171 g/mol. The summed E-state index contributed by atoms with van der Waals surface area (Å²) in [5.41, 5.74) is -1.05. The second kappa shape index (κ2) is 2.77. The Kier molecular flexibility index (Phi) is 2.08. The molecule has 0 aliphatic heterocycles. The molecule has 1 aliphatic rings. The van der Waals surface area contributed by atoms with Gasteiger partial charge < -0.3 is 10.4 Å². The van der Waals surface area contributed by atoms with E-state index in [0.29, 0.717) is 0 Å². The fourth-order valence-corrected chi connectivity index (χ4v) is 1.36. The molecule has 1 fully saturated rings. The summed E-state index contributed by atoms with van der Waals surface area (Å²) in [6, 6.07) is 0. The van der Waals surface area contributed by atoms with E-state index in [1.54, 1.807) is 6.92 Å². The van der Waals surface area contributed by atoms with Crippen LogP contribution in [0.15, 0.2) is 0 Å². The van der Waals surface area contributed by atoms with E-state index in [-0.39, 0.29) is 11.8 Å². The lowest BCUT2D eigenvalue weighted by Crippen LogP contribution is -2.53. The van der Waals surface area contributed by atoms with Gasteiger partial charge in [0, 0.05) is 6.92 Å². The van der Waals surface area contributed by atoms with E-state index in [2.05, 4.69) is 5.32 Å². The number of amides is 1. The highest BCUT2D eigenvalue weighted by molar-refractivity contribution is 5.86. The second-order valence-electron chi connectivity index (χ2n) is 3.46. The third-order valence-electron chi connectivity index (χ3n) is 2.27. The molecule has 0 bridgehead atoms. The van der Waals surface area contributed by atoms with Crippen LogP contribution in [-0.2, 0) is 9.59 Å². The molecule has 4 heteroatoms. The number of hydrogen-bond donors (Lipinski definition) is 2. The number of rotatable bonds is 3. The van der Waals surface area contributed by atoms with Crippen molar-refractivity contribution in [2.24, 2.45) is 5.92 Å². The Morgan fingerprint density at radius 2 is 2.00 bits per heavy atom. The van der Waals surface area contributed by atoms with Crippen molar-refractivity contribution in [1.29, 1.82) is 0 Å². The first-order chi connectivity index (χ1) is 5.47. The van der Waals surface area contributed by atoms with Crippen LogP contribution < -0.4 is 5.32 Å². The molecular formula is C8H13NO3. The zero-order chi connectivity index (χ0) is 9.35. The minimum absolute atomic E-state index is 0.110. The Balaban J connectivity index is 2.71. The zero-order valence-electron chi connectivity index (χ0n) is 7.26. The van der Waals surface area contributed by atoms with Crippen molar-refractivity contribution in [3.8, 4) is 0 Å². The Labute approximate surface area is 71.0 Å². The van der Waals surface area contributed by atoms with Gasteiger partial charge in [-0.05, 0) is 25.7 Å². The van der Waals surface area contributed by atoms with Crippen LogP contribution in [0.5, 0.6) is 0 Å². The van der Waals surface area contributed by atoms with Crippen LogP contribution in [0.3, 0.4) is 0 Å². The van der Waals surface area contributed by atoms with Crippen LogP contribution in [0.2, 0.25) is 0 Å². The summed E-state index contributed by atoms with van der Waals surface area (Å²) in [5, 5.41) is 11.4. The number of carboxylic acids is 1. The van der Waals surface area contributed by atoms with Crippen molar-refractivity contribution in [2.45, 2.75) is 32.2 Å². The maximum absolute atomic E-state index is 10.8. The molecule has 1 unspecified atom stereocenters. The molecular weight excluding hydrogens is 158 g/mol. The van der Waals surface area contributed by atoms with Crippen molar-refractivity contribution in [3.05, 3.63) is 0 Å². The van der Waals surface area contributed by atoms with Gasteiger partial charge in [0.15, 0.2) is 0 Å². The Morgan fingerprint density at radius 3 is 2.25 bits per heavy atom. The van der Waals surface area contributed by atoms with Gasteiger partial charge in [-0.3, -0.25) is 4.79 Å². The van der Waals surface area contributed by atoms with Crippen molar-refractivity contribution in [3.63, 3.8) is 0 Å². The summed E-state index contributed by atoms with van der Waals surface area (Å²) in [6.45, 7) is 2.90. The van der Waals surface area contributed by atoms with Crippen LogP contribution >= 0.6 is 0 Å². The third-order valence-corrected chi connectivity index (χ3v) is 2.27. The molecule has 0 spiro atoms. The average Bonchev–Trinajstić information content (AvgIpc) is 2.65. The predicted octanol–water partition coefficient (Wildman–Crippen LogP) is 0.376. The number of carbonyl (C=O) groups is 2. The molecule has 0 aromatic rings. The molecule has 0 aromatic heterocycles. The first-order valence-corrected chi connectivity index (χ1v) is 3.99. The smallest absolute Gasteiger partial charge is 0.329 e. The van der Waals surface area contributed by atoms with Crippen LogP contribution in [0.1, 0.15) is 26.7 Å². The van der Waals surface area contributed by atoms with Gasteiger partial charge >= 0.3 is 5.97 Å². The minimum atomic E-state index is -1.05. The molecule has 4 nitrogen and oxygen atoms in total. The van der Waals surface area contributed by atoms with E-state index in [1.807, 2.05) is 0 Å². The Bertz CT molecular complexity index is 222. The van der Waals surface area contributed by atoms with E-state index in [0.717, 1.165) is 12.8 Å². The molecule has 12 heavy (non-hydrogen) atoms. The molecule has 1 amide bonds. The quantitative estimate of drug-likeness (QED) is 0.645. The van der Waals surface area contributed by atoms with Crippen LogP contribution in [0.25, 0.3) is 0 Å². The highest BCUT2D eigenvalue weighted by Gasteiger charge is 2.48. The first-order valence-electron chi connectivity index (χ1n) is 3.99. The van der Waals surface area contributed by atoms with Gasteiger partial charge in [0.1, 0.15) is 5.54 Å². The van der Waals surface area contributed by atoms with Crippen molar-refractivity contribution in [1.82, 2.24) is 5.32 Å². The van der Waals surface area contributed by atoms with Crippen LogP contribution in [0.4, 0.5) is 0 Å². The van der Waals surface area contributed by atoms with Crippen LogP contribution in [0, 0.1) is 5.92 Å². The molecule has 68 valence electrons. The number of carboxylic acid groups (broad SMARTS) is 1. The van der Waals surface area contributed by atoms with Gasteiger partial charge in [-0.1, -0.05) is 0 Å². The molecule has 1 aliphatic carbocycles. The second-order valence-corrected chi connectivity index (χ2v) is 3.46. The molecule has 0 saturated heterocycles. The predicted molar refractivity (Wildman–Crippen MR) is 42.6 cm³/mol. The van der Waals surface area contributed by atoms with Gasteiger partial charge in [0.25, 0.3) is 0 Å². The standard InChI is InChI=1S/C8H13NO3/c1-5(10)9-8(2,7(11)12)6-3-4-6/h6H,3-4H2,1-2H3,(H,9,10)(H,11,12). The van der Waals surface area contributed by atoms with E-state index in [1.165, 1.54) is 6.92 Å².